The lowest BCUT2D eigenvalue weighted by Gasteiger charge is -2.08. The van der Waals surface area contributed by atoms with Crippen LogP contribution in [0, 0.1) is 6.92 Å². The smallest absolute Gasteiger partial charge is 0.210 e. The number of nitrogens with zero attached hydrogens (tertiary/aromatic N) is 2. The Labute approximate surface area is 110 Å². The van der Waals surface area contributed by atoms with Gasteiger partial charge in [-0.25, -0.2) is 15.8 Å². The number of nitrogens with one attached hydrogen (secondary N) is 2. The van der Waals surface area contributed by atoms with Crippen molar-refractivity contribution < 1.29 is 0 Å². The third-order valence-electron chi connectivity index (χ3n) is 2.24. The molecule has 0 aliphatic heterocycles. The molecule has 1 aromatic carbocycles. The highest BCUT2D eigenvalue weighted by Crippen LogP contribution is 2.12. The lowest BCUT2D eigenvalue weighted by molar-refractivity contribution is 0.975. The van der Waals surface area contributed by atoms with Crippen molar-refractivity contribution in [1.82, 2.24) is 10.4 Å². The van der Waals surface area contributed by atoms with E-state index in [9.17, 15) is 0 Å². The van der Waals surface area contributed by atoms with Gasteiger partial charge in [-0.15, -0.1) is 11.3 Å². The van der Waals surface area contributed by atoms with Gasteiger partial charge >= 0.3 is 0 Å². The summed E-state index contributed by atoms with van der Waals surface area (Å²) in [6.07, 6.45) is 1.83. The predicted octanol–water partition coefficient (Wildman–Crippen LogP) is 1.88. The molecule has 1 heterocycles. The quantitative estimate of drug-likeness (QED) is 0.341. The van der Waals surface area contributed by atoms with Crippen molar-refractivity contribution in [2.45, 2.75) is 13.5 Å². The topological polar surface area (TPSA) is 75.3 Å². The number of rotatable bonds is 3. The van der Waals surface area contributed by atoms with Crippen molar-refractivity contribution in [3.63, 3.8) is 0 Å². The second-order valence-electron chi connectivity index (χ2n) is 3.65. The van der Waals surface area contributed by atoms with Crippen LogP contribution in [0.4, 0.5) is 5.69 Å². The molecule has 6 heteroatoms. The third-order valence-corrected chi connectivity index (χ3v) is 3.13. The summed E-state index contributed by atoms with van der Waals surface area (Å²) in [6.45, 7) is 2.53. The van der Waals surface area contributed by atoms with E-state index in [0.717, 1.165) is 15.6 Å². The molecule has 0 saturated heterocycles. The van der Waals surface area contributed by atoms with Crippen LogP contribution in [0.3, 0.4) is 0 Å². The number of guanidine groups is 1. The van der Waals surface area contributed by atoms with Gasteiger partial charge in [-0.3, -0.25) is 5.43 Å². The lowest BCUT2D eigenvalue weighted by Crippen LogP contribution is -2.36. The van der Waals surface area contributed by atoms with Crippen LogP contribution in [0.15, 0.2) is 41.5 Å². The minimum atomic E-state index is 0.534. The Balaban J connectivity index is 2.00. The summed E-state index contributed by atoms with van der Waals surface area (Å²) in [5.41, 5.74) is 3.49. The van der Waals surface area contributed by atoms with Gasteiger partial charge in [0.05, 0.1) is 11.6 Å². The molecule has 5 nitrogen and oxygen atoms in total. The van der Waals surface area contributed by atoms with Crippen LogP contribution in [-0.4, -0.2) is 10.9 Å². The number of thiazole rings is 1. The molecule has 0 saturated carbocycles. The summed E-state index contributed by atoms with van der Waals surface area (Å²) in [5, 5.41) is 4.14. The Morgan fingerprint density at radius 1 is 1.39 bits per heavy atom. The Kier molecular flexibility index (Phi) is 4.27. The van der Waals surface area contributed by atoms with Crippen molar-refractivity contribution >= 4 is 23.0 Å². The summed E-state index contributed by atoms with van der Waals surface area (Å²) in [4.78, 5) is 9.65. The van der Waals surface area contributed by atoms with Crippen molar-refractivity contribution in [3.05, 3.63) is 46.4 Å². The van der Waals surface area contributed by atoms with Crippen molar-refractivity contribution in [3.8, 4) is 0 Å². The number of nitrogens with two attached hydrogens (primary N) is 1. The van der Waals surface area contributed by atoms with E-state index in [2.05, 4.69) is 20.7 Å². The van der Waals surface area contributed by atoms with Crippen molar-refractivity contribution in [2.24, 2.45) is 10.8 Å². The SMILES string of the molecule is Cc1ncc(CN=C(NN)Nc2ccccc2)s1. The zero-order valence-electron chi connectivity index (χ0n) is 10.1. The molecule has 0 fully saturated rings. The maximum absolute atomic E-state index is 5.43. The molecule has 18 heavy (non-hydrogen) atoms. The first kappa shape index (κ1) is 12.5. The summed E-state index contributed by atoms with van der Waals surface area (Å²) in [6, 6.07) is 9.75. The number of aromatic nitrogens is 1. The first-order chi connectivity index (χ1) is 8.78. The zero-order valence-corrected chi connectivity index (χ0v) is 10.9. The number of anilines is 1. The molecule has 0 aliphatic rings. The van der Waals surface area contributed by atoms with Gasteiger partial charge < -0.3 is 5.32 Å². The highest BCUT2D eigenvalue weighted by molar-refractivity contribution is 7.11. The Bertz CT molecular complexity index is 520. The van der Waals surface area contributed by atoms with Gasteiger partial charge in [0, 0.05) is 16.8 Å². The Morgan fingerprint density at radius 2 is 2.17 bits per heavy atom. The van der Waals surface area contributed by atoms with Crippen LogP contribution < -0.4 is 16.6 Å². The van der Waals surface area contributed by atoms with Gasteiger partial charge in [-0.05, 0) is 19.1 Å². The number of aryl methyl sites for hydroxylation is 1. The van der Waals surface area contributed by atoms with E-state index >= 15 is 0 Å². The molecule has 0 atom stereocenters. The monoisotopic (exact) mass is 261 g/mol. The van der Waals surface area contributed by atoms with Crippen LogP contribution in [0.5, 0.6) is 0 Å². The molecule has 0 spiro atoms. The van der Waals surface area contributed by atoms with Crippen LogP contribution in [0.1, 0.15) is 9.88 Å². The summed E-state index contributed by atoms with van der Waals surface area (Å²) in [7, 11) is 0. The normalized spacial score (nSPS) is 11.3. The second-order valence-corrected chi connectivity index (χ2v) is 4.97. The number of aliphatic imine (C=N–C) groups is 1. The molecule has 0 amide bonds. The van der Waals surface area contributed by atoms with E-state index in [1.165, 1.54) is 0 Å². The largest absolute Gasteiger partial charge is 0.325 e. The van der Waals surface area contributed by atoms with E-state index in [4.69, 9.17) is 5.84 Å². The molecule has 0 radical (unpaired) electrons. The molecule has 94 valence electrons. The average molecular weight is 261 g/mol. The molecular formula is C12H15N5S. The van der Waals surface area contributed by atoms with Gasteiger partial charge in [0.2, 0.25) is 5.96 Å². The number of hydrazine groups is 1. The molecule has 0 unspecified atom stereocenters. The van der Waals surface area contributed by atoms with Crippen molar-refractivity contribution in [1.29, 1.82) is 0 Å². The molecule has 2 rings (SSSR count). The third kappa shape index (κ3) is 3.54. The van der Waals surface area contributed by atoms with Gasteiger partial charge in [-0.2, -0.15) is 0 Å². The van der Waals surface area contributed by atoms with Crippen LogP contribution in [-0.2, 0) is 6.54 Å². The van der Waals surface area contributed by atoms with E-state index in [-0.39, 0.29) is 0 Å². The van der Waals surface area contributed by atoms with Crippen LogP contribution in [0.25, 0.3) is 0 Å². The van der Waals surface area contributed by atoms with E-state index in [0.29, 0.717) is 12.5 Å². The number of benzene rings is 1. The highest BCUT2D eigenvalue weighted by atomic mass is 32.1. The fourth-order valence-electron chi connectivity index (χ4n) is 1.41. The zero-order chi connectivity index (χ0) is 12.8. The van der Waals surface area contributed by atoms with E-state index in [1.807, 2.05) is 43.5 Å². The minimum absolute atomic E-state index is 0.534. The second kappa shape index (κ2) is 6.13. The predicted molar refractivity (Wildman–Crippen MR) is 75.4 cm³/mol. The summed E-state index contributed by atoms with van der Waals surface area (Å²) in [5.74, 6) is 5.97. The fourth-order valence-corrected chi connectivity index (χ4v) is 2.13. The Morgan fingerprint density at radius 3 is 2.78 bits per heavy atom. The standard InChI is InChI=1S/C12H15N5S/c1-9-14-7-11(18-9)8-15-12(17-13)16-10-5-3-2-4-6-10/h2-7H,8,13H2,1H3,(H2,15,16,17). The minimum Gasteiger partial charge on any atom is -0.325 e. The highest BCUT2D eigenvalue weighted by Gasteiger charge is 1.99. The average Bonchev–Trinajstić information content (AvgIpc) is 2.81. The number of hydrogen-bond acceptors (Lipinski definition) is 4. The van der Waals surface area contributed by atoms with E-state index in [1.54, 1.807) is 11.3 Å². The van der Waals surface area contributed by atoms with Gasteiger partial charge in [-0.1, -0.05) is 18.2 Å². The fraction of sp³-hybridized carbons (Fsp3) is 0.167. The molecule has 0 aliphatic carbocycles. The molecule has 2 aromatic rings. The number of hydrogen-bond donors (Lipinski definition) is 3. The maximum Gasteiger partial charge on any atom is 0.210 e. The maximum atomic E-state index is 5.43. The number of para-hydroxylation sites is 1. The molecule has 4 N–H and O–H groups in total. The van der Waals surface area contributed by atoms with Crippen LogP contribution in [0.2, 0.25) is 0 Å². The Hall–Kier alpha value is -1.92. The summed E-state index contributed by atoms with van der Waals surface area (Å²) < 4.78 is 0. The van der Waals surface area contributed by atoms with E-state index < -0.39 is 0 Å². The molecule has 1 aromatic heterocycles. The first-order valence-corrected chi connectivity index (χ1v) is 6.34. The van der Waals surface area contributed by atoms with Crippen LogP contribution >= 0.6 is 11.3 Å². The van der Waals surface area contributed by atoms with Crippen molar-refractivity contribution in [2.75, 3.05) is 5.32 Å². The van der Waals surface area contributed by atoms with Gasteiger partial charge in [0.1, 0.15) is 0 Å². The summed E-state index contributed by atoms with van der Waals surface area (Å²) >= 11 is 1.63. The first-order valence-electron chi connectivity index (χ1n) is 5.52. The van der Waals surface area contributed by atoms with Gasteiger partial charge in [0.25, 0.3) is 0 Å². The lowest BCUT2D eigenvalue weighted by atomic mass is 10.3. The molecule has 0 bridgehead atoms. The molecular weight excluding hydrogens is 246 g/mol. The van der Waals surface area contributed by atoms with Gasteiger partial charge in [0.15, 0.2) is 0 Å².